The molecule has 0 spiro atoms. The van der Waals surface area contributed by atoms with Gasteiger partial charge in [0, 0.05) is 30.2 Å². The predicted octanol–water partition coefficient (Wildman–Crippen LogP) is 2.49. The van der Waals surface area contributed by atoms with E-state index in [0.717, 1.165) is 56.3 Å². The lowest BCUT2D eigenvalue weighted by molar-refractivity contribution is -0.119. The molecule has 4 rings (SSSR count). The van der Waals surface area contributed by atoms with Crippen molar-refractivity contribution in [1.29, 1.82) is 0 Å². The van der Waals surface area contributed by atoms with Crippen LogP contribution < -0.4 is 15.2 Å². The Labute approximate surface area is 163 Å². The normalized spacial score (nSPS) is 17.2. The number of hydrogen-bond donors (Lipinski definition) is 1. The van der Waals surface area contributed by atoms with Gasteiger partial charge in [-0.25, -0.2) is 5.43 Å². The van der Waals surface area contributed by atoms with Crippen LogP contribution in [0.2, 0.25) is 0 Å². The molecule has 7 heteroatoms. The number of benzene rings is 1. The summed E-state index contributed by atoms with van der Waals surface area (Å²) in [5, 5.41) is 5.36. The minimum Gasteiger partial charge on any atom is -0.378 e. The number of amides is 1. The molecular weight excluding hydrogens is 360 g/mol. The third-order valence-electron chi connectivity index (χ3n) is 4.86. The second-order valence-electron chi connectivity index (χ2n) is 6.72. The van der Waals surface area contributed by atoms with E-state index in [9.17, 15) is 4.79 Å². The Kier molecular flexibility index (Phi) is 5.69. The van der Waals surface area contributed by atoms with E-state index in [4.69, 9.17) is 4.74 Å². The van der Waals surface area contributed by atoms with Crippen molar-refractivity contribution >= 4 is 34.1 Å². The van der Waals surface area contributed by atoms with Crippen molar-refractivity contribution in [3.63, 3.8) is 0 Å². The molecule has 142 valence electrons. The summed E-state index contributed by atoms with van der Waals surface area (Å²) in [6, 6.07) is 12.4. The van der Waals surface area contributed by atoms with Gasteiger partial charge in [0.15, 0.2) is 0 Å². The number of carbonyl (C=O) groups is 1. The number of anilines is 2. The zero-order valence-electron chi connectivity index (χ0n) is 15.3. The van der Waals surface area contributed by atoms with E-state index < -0.39 is 0 Å². The summed E-state index contributed by atoms with van der Waals surface area (Å²) in [5.41, 5.74) is 5.14. The van der Waals surface area contributed by atoms with Crippen molar-refractivity contribution in [2.24, 2.45) is 5.10 Å². The van der Waals surface area contributed by atoms with Crippen molar-refractivity contribution < 1.29 is 9.53 Å². The predicted molar refractivity (Wildman–Crippen MR) is 110 cm³/mol. The standard InChI is InChI=1S/C20H24N4O2S/c25-19(15-24-9-3-5-16-4-1-2-6-18(16)24)22-21-14-17-7-8-20(27-17)23-10-12-26-13-11-23/h1-2,4,6-8,14H,3,5,9-13,15H2,(H,22,25)/b21-14-. The number of ether oxygens (including phenoxy) is 1. The molecule has 0 aliphatic carbocycles. The molecule has 1 fully saturated rings. The molecule has 0 saturated carbocycles. The Balaban J connectivity index is 1.30. The van der Waals surface area contributed by atoms with Crippen LogP contribution in [-0.2, 0) is 16.0 Å². The van der Waals surface area contributed by atoms with Crippen LogP contribution >= 0.6 is 11.3 Å². The lowest BCUT2D eigenvalue weighted by atomic mass is 10.0. The lowest BCUT2D eigenvalue weighted by Crippen LogP contribution is -2.38. The van der Waals surface area contributed by atoms with Crippen LogP contribution in [0.4, 0.5) is 10.7 Å². The zero-order chi connectivity index (χ0) is 18.5. The summed E-state index contributed by atoms with van der Waals surface area (Å²) in [7, 11) is 0. The van der Waals surface area contributed by atoms with E-state index >= 15 is 0 Å². The number of fused-ring (bicyclic) bond motifs is 1. The first-order chi connectivity index (χ1) is 13.3. The minimum absolute atomic E-state index is 0.0899. The first kappa shape index (κ1) is 18.0. The highest BCUT2D eigenvalue weighted by atomic mass is 32.1. The molecule has 0 unspecified atom stereocenters. The average molecular weight is 385 g/mol. The molecule has 1 N–H and O–H groups in total. The lowest BCUT2D eigenvalue weighted by Gasteiger charge is -2.30. The second-order valence-corrected chi connectivity index (χ2v) is 7.82. The highest BCUT2D eigenvalue weighted by Crippen LogP contribution is 2.27. The van der Waals surface area contributed by atoms with Gasteiger partial charge >= 0.3 is 0 Å². The third-order valence-corrected chi connectivity index (χ3v) is 5.94. The second kappa shape index (κ2) is 8.54. The van der Waals surface area contributed by atoms with Crippen molar-refractivity contribution in [2.45, 2.75) is 12.8 Å². The average Bonchev–Trinajstić information content (AvgIpc) is 3.18. The van der Waals surface area contributed by atoms with Crippen LogP contribution in [0.1, 0.15) is 16.9 Å². The summed E-state index contributed by atoms with van der Waals surface area (Å²) in [5.74, 6) is -0.0899. The van der Waals surface area contributed by atoms with Gasteiger partial charge in [0.2, 0.25) is 0 Å². The van der Waals surface area contributed by atoms with Crippen LogP contribution in [0.3, 0.4) is 0 Å². The van der Waals surface area contributed by atoms with Crippen LogP contribution in [0.25, 0.3) is 0 Å². The van der Waals surface area contributed by atoms with Gasteiger partial charge in [0.05, 0.1) is 31.0 Å². The largest absolute Gasteiger partial charge is 0.378 e. The van der Waals surface area contributed by atoms with E-state index in [2.05, 4.69) is 44.6 Å². The number of para-hydroxylation sites is 1. The molecule has 0 atom stereocenters. The SMILES string of the molecule is O=C(CN1CCCc2ccccc21)N/N=C\c1ccc(N2CCOCC2)s1. The minimum atomic E-state index is -0.0899. The maximum absolute atomic E-state index is 12.3. The number of aryl methyl sites for hydroxylation is 1. The topological polar surface area (TPSA) is 57.2 Å². The Bertz CT molecular complexity index is 814. The fourth-order valence-electron chi connectivity index (χ4n) is 3.52. The maximum Gasteiger partial charge on any atom is 0.259 e. The Morgan fingerprint density at radius 1 is 1.19 bits per heavy atom. The van der Waals surface area contributed by atoms with Gasteiger partial charge in [-0.15, -0.1) is 11.3 Å². The monoisotopic (exact) mass is 384 g/mol. The van der Waals surface area contributed by atoms with Gasteiger partial charge in [-0.2, -0.15) is 5.10 Å². The van der Waals surface area contributed by atoms with Crippen LogP contribution in [-0.4, -0.2) is 51.5 Å². The number of rotatable bonds is 5. The molecule has 2 aromatic rings. The van der Waals surface area contributed by atoms with Crippen molar-refractivity contribution in [3.8, 4) is 0 Å². The zero-order valence-corrected chi connectivity index (χ0v) is 16.1. The number of thiophene rings is 1. The molecule has 1 aromatic heterocycles. The molecule has 27 heavy (non-hydrogen) atoms. The Hall–Kier alpha value is -2.38. The first-order valence-corrected chi connectivity index (χ1v) is 10.2. The van der Waals surface area contributed by atoms with Gasteiger partial charge in [0.25, 0.3) is 5.91 Å². The van der Waals surface area contributed by atoms with Gasteiger partial charge in [-0.1, -0.05) is 18.2 Å². The van der Waals surface area contributed by atoms with Gasteiger partial charge in [0.1, 0.15) is 0 Å². The summed E-state index contributed by atoms with van der Waals surface area (Å²) in [4.78, 5) is 17.8. The maximum atomic E-state index is 12.3. The molecular formula is C20H24N4O2S. The highest BCUT2D eigenvalue weighted by molar-refractivity contribution is 7.17. The van der Waals surface area contributed by atoms with Crippen molar-refractivity contribution in [2.75, 3.05) is 49.2 Å². The highest BCUT2D eigenvalue weighted by Gasteiger charge is 2.18. The van der Waals surface area contributed by atoms with Gasteiger partial charge in [-0.05, 0) is 36.6 Å². The van der Waals surface area contributed by atoms with E-state index in [1.54, 1.807) is 17.6 Å². The van der Waals surface area contributed by atoms with Crippen LogP contribution in [0, 0.1) is 0 Å². The Morgan fingerprint density at radius 2 is 2.04 bits per heavy atom. The van der Waals surface area contributed by atoms with Crippen molar-refractivity contribution in [3.05, 3.63) is 46.8 Å². The number of nitrogens with one attached hydrogen (secondary N) is 1. The molecule has 1 saturated heterocycles. The van der Waals surface area contributed by atoms with Gasteiger partial charge in [-0.3, -0.25) is 4.79 Å². The van der Waals surface area contributed by atoms with E-state index in [-0.39, 0.29) is 5.91 Å². The molecule has 0 bridgehead atoms. The smallest absolute Gasteiger partial charge is 0.259 e. The molecule has 0 radical (unpaired) electrons. The molecule has 1 aromatic carbocycles. The van der Waals surface area contributed by atoms with E-state index in [1.807, 2.05) is 12.1 Å². The molecule has 2 aliphatic heterocycles. The van der Waals surface area contributed by atoms with Crippen LogP contribution in [0.5, 0.6) is 0 Å². The summed E-state index contributed by atoms with van der Waals surface area (Å²) in [6.07, 6.45) is 3.88. The van der Waals surface area contributed by atoms with E-state index in [0.29, 0.717) is 6.54 Å². The fourth-order valence-corrected chi connectivity index (χ4v) is 4.45. The number of hydrazone groups is 1. The fraction of sp³-hybridized carbons (Fsp3) is 0.400. The quantitative estimate of drug-likeness (QED) is 0.636. The third kappa shape index (κ3) is 4.48. The molecule has 6 nitrogen and oxygen atoms in total. The van der Waals surface area contributed by atoms with E-state index in [1.165, 1.54) is 10.6 Å². The summed E-state index contributed by atoms with van der Waals surface area (Å²) < 4.78 is 5.39. The Morgan fingerprint density at radius 3 is 2.93 bits per heavy atom. The molecule has 2 aliphatic rings. The molecule has 1 amide bonds. The first-order valence-electron chi connectivity index (χ1n) is 9.37. The number of carbonyl (C=O) groups excluding carboxylic acids is 1. The molecule has 3 heterocycles. The summed E-state index contributed by atoms with van der Waals surface area (Å²) >= 11 is 1.68. The number of morpholine rings is 1. The number of hydrogen-bond acceptors (Lipinski definition) is 6. The van der Waals surface area contributed by atoms with Crippen molar-refractivity contribution in [1.82, 2.24) is 5.43 Å². The van der Waals surface area contributed by atoms with Gasteiger partial charge < -0.3 is 14.5 Å². The number of nitrogens with zero attached hydrogens (tertiary/aromatic N) is 3. The van der Waals surface area contributed by atoms with Crippen LogP contribution in [0.15, 0.2) is 41.5 Å². The summed E-state index contributed by atoms with van der Waals surface area (Å²) in [6.45, 7) is 4.63.